The maximum absolute atomic E-state index is 12.1. The molecule has 23 heavy (non-hydrogen) atoms. The number of hydrogen-bond acceptors (Lipinski definition) is 3. The molecular formula is C17H13BrN4O. The van der Waals surface area contributed by atoms with Crippen LogP contribution in [0.4, 0.5) is 0 Å². The van der Waals surface area contributed by atoms with Crippen LogP contribution in [0.15, 0.2) is 70.2 Å². The average molecular weight is 369 g/mol. The third-order valence-electron chi connectivity index (χ3n) is 3.17. The number of hydrogen-bond donors (Lipinski definition) is 2. The van der Waals surface area contributed by atoms with Gasteiger partial charge >= 0.3 is 0 Å². The number of aromatic amines is 1. The van der Waals surface area contributed by atoms with Crippen molar-refractivity contribution in [2.24, 2.45) is 5.10 Å². The highest BCUT2D eigenvalue weighted by atomic mass is 79.9. The molecule has 0 aliphatic heterocycles. The molecule has 114 valence electrons. The zero-order valence-electron chi connectivity index (χ0n) is 12.0. The van der Waals surface area contributed by atoms with Crippen molar-refractivity contribution in [3.05, 3.63) is 76.4 Å². The molecule has 0 fully saturated rings. The van der Waals surface area contributed by atoms with Gasteiger partial charge in [0.25, 0.3) is 5.91 Å². The predicted octanol–water partition coefficient (Wildman–Crippen LogP) is 3.60. The molecule has 0 aliphatic rings. The number of H-pyrrole nitrogens is 1. The predicted molar refractivity (Wildman–Crippen MR) is 93.2 cm³/mol. The van der Waals surface area contributed by atoms with Gasteiger partial charge in [-0.25, -0.2) is 5.43 Å². The Labute approximate surface area is 141 Å². The minimum absolute atomic E-state index is 0.344. The van der Waals surface area contributed by atoms with Crippen molar-refractivity contribution < 1.29 is 4.79 Å². The molecule has 0 aliphatic carbocycles. The molecule has 0 radical (unpaired) electrons. The van der Waals surface area contributed by atoms with E-state index in [1.165, 1.54) is 0 Å². The number of hydrazone groups is 1. The van der Waals surface area contributed by atoms with Gasteiger partial charge in [-0.15, -0.1) is 0 Å². The number of nitrogens with one attached hydrogen (secondary N) is 2. The number of carbonyl (C=O) groups is 1. The lowest BCUT2D eigenvalue weighted by molar-refractivity contribution is 0.0950. The minimum Gasteiger partial charge on any atom is -0.272 e. The fourth-order valence-electron chi connectivity index (χ4n) is 2.00. The molecule has 0 bridgehead atoms. The van der Waals surface area contributed by atoms with Crippen LogP contribution in [0.5, 0.6) is 0 Å². The number of nitrogens with zero attached hydrogens (tertiary/aromatic N) is 2. The van der Waals surface area contributed by atoms with E-state index in [9.17, 15) is 4.79 Å². The van der Waals surface area contributed by atoms with Gasteiger partial charge in [-0.1, -0.05) is 64.5 Å². The number of amides is 1. The summed E-state index contributed by atoms with van der Waals surface area (Å²) in [6, 6.07) is 18.9. The van der Waals surface area contributed by atoms with Crippen molar-refractivity contribution in [1.29, 1.82) is 0 Å². The second-order valence-electron chi connectivity index (χ2n) is 4.75. The summed E-state index contributed by atoms with van der Waals surface area (Å²) in [5, 5.41) is 10.8. The van der Waals surface area contributed by atoms with E-state index in [0.29, 0.717) is 11.4 Å². The summed E-state index contributed by atoms with van der Waals surface area (Å²) >= 11 is 3.42. The molecule has 1 amide bonds. The smallest absolute Gasteiger partial charge is 0.272 e. The highest BCUT2D eigenvalue weighted by Crippen LogP contribution is 2.17. The van der Waals surface area contributed by atoms with E-state index in [0.717, 1.165) is 15.6 Å². The maximum atomic E-state index is 12.1. The highest BCUT2D eigenvalue weighted by molar-refractivity contribution is 9.10. The molecule has 3 rings (SSSR count). The van der Waals surface area contributed by atoms with Crippen molar-refractivity contribution in [2.45, 2.75) is 0 Å². The summed E-state index contributed by atoms with van der Waals surface area (Å²) in [5.74, 6) is -0.344. The quantitative estimate of drug-likeness (QED) is 0.545. The van der Waals surface area contributed by atoms with E-state index in [1.807, 2.05) is 54.6 Å². The molecule has 1 aromatic heterocycles. The molecule has 5 nitrogen and oxygen atoms in total. The van der Waals surface area contributed by atoms with Gasteiger partial charge in [-0.05, 0) is 12.1 Å². The van der Waals surface area contributed by atoms with Gasteiger partial charge in [0, 0.05) is 15.6 Å². The van der Waals surface area contributed by atoms with Crippen LogP contribution in [0, 0.1) is 0 Å². The van der Waals surface area contributed by atoms with Crippen LogP contribution in [-0.2, 0) is 0 Å². The molecule has 0 saturated carbocycles. The molecule has 1 heterocycles. The van der Waals surface area contributed by atoms with E-state index in [1.54, 1.807) is 12.3 Å². The fraction of sp³-hybridized carbons (Fsp3) is 0. The van der Waals surface area contributed by atoms with Gasteiger partial charge in [0.1, 0.15) is 5.69 Å². The Hall–Kier alpha value is -2.73. The van der Waals surface area contributed by atoms with Crippen LogP contribution >= 0.6 is 15.9 Å². The Morgan fingerprint density at radius 1 is 1.13 bits per heavy atom. The van der Waals surface area contributed by atoms with E-state index < -0.39 is 0 Å². The van der Waals surface area contributed by atoms with Crippen LogP contribution in [0.1, 0.15) is 16.1 Å². The summed E-state index contributed by atoms with van der Waals surface area (Å²) in [4.78, 5) is 12.1. The van der Waals surface area contributed by atoms with Gasteiger partial charge in [0.05, 0.1) is 11.9 Å². The van der Waals surface area contributed by atoms with Gasteiger partial charge in [-0.2, -0.15) is 10.2 Å². The van der Waals surface area contributed by atoms with Crippen molar-refractivity contribution in [3.63, 3.8) is 0 Å². The lowest BCUT2D eigenvalue weighted by Gasteiger charge is -1.97. The highest BCUT2D eigenvalue weighted by Gasteiger charge is 2.10. The third kappa shape index (κ3) is 3.73. The monoisotopic (exact) mass is 368 g/mol. The Kier molecular flexibility index (Phi) is 4.63. The van der Waals surface area contributed by atoms with Crippen LogP contribution in [0.25, 0.3) is 11.3 Å². The standard InChI is InChI=1S/C17H13BrN4O/c18-14-9-5-4-8-13(14)11-19-22-17(23)16-10-15(20-21-16)12-6-2-1-3-7-12/h1-11H,(H,20,21)(H,22,23)/b19-11-. The summed E-state index contributed by atoms with van der Waals surface area (Å²) in [7, 11) is 0. The second-order valence-corrected chi connectivity index (χ2v) is 5.61. The molecule has 2 aromatic carbocycles. The molecular weight excluding hydrogens is 356 g/mol. The van der Waals surface area contributed by atoms with E-state index >= 15 is 0 Å². The minimum atomic E-state index is -0.344. The van der Waals surface area contributed by atoms with Gasteiger partial charge in [0.15, 0.2) is 0 Å². The van der Waals surface area contributed by atoms with Gasteiger partial charge in [0.2, 0.25) is 0 Å². The lowest BCUT2D eigenvalue weighted by atomic mass is 10.1. The molecule has 0 unspecified atom stereocenters. The topological polar surface area (TPSA) is 70.1 Å². The first-order chi connectivity index (χ1) is 11.2. The number of halogens is 1. The first-order valence-electron chi connectivity index (χ1n) is 6.93. The summed E-state index contributed by atoms with van der Waals surface area (Å²) in [6.45, 7) is 0. The summed E-state index contributed by atoms with van der Waals surface area (Å²) < 4.78 is 0.908. The van der Waals surface area contributed by atoms with Gasteiger partial charge in [-0.3, -0.25) is 9.89 Å². The van der Waals surface area contributed by atoms with Gasteiger partial charge < -0.3 is 0 Å². The summed E-state index contributed by atoms with van der Waals surface area (Å²) in [6.07, 6.45) is 1.58. The Morgan fingerprint density at radius 2 is 1.87 bits per heavy atom. The molecule has 0 atom stereocenters. The van der Waals surface area contributed by atoms with E-state index in [2.05, 4.69) is 36.7 Å². The number of aromatic nitrogens is 2. The van der Waals surface area contributed by atoms with E-state index in [4.69, 9.17) is 0 Å². The zero-order chi connectivity index (χ0) is 16.1. The first kappa shape index (κ1) is 15.2. The normalized spacial score (nSPS) is 10.8. The Balaban J connectivity index is 1.68. The molecule has 0 saturated heterocycles. The molecule has 3 aromatic rings. The van der Waals surface area contributed by atoms with Crippen molar-refractivity contribution in [1.82, 2.24) is 15.6 Å². The molecule has 0 spiro atoms. The number of rotatable bonds is 4. The van der Waals surface area contributed by atoms with Crippen LogP contribution in [0.3, 0.4) is 0 Å². The van der Waals surface area contributed by atoms with Crippen molar-refractivity contribution in [3.8, 4) is 11.3 Å². The Morgan fingerprint density at radius 3 is 2.65 bits per heavy atom. The number of carbonyl (C=O) groups excluding carboxylic acids is 1. The summed E-state index contributed by atoms with van der Waals surface area (Å²) in [5.41, 5.74) is 5.37. The van der Waals surface area contributed by atoms with Crippen LogP contribution in [0.2, 0.25) is 0 Å². The molecule has 6 heteroatoms. The SMILES string of the molecule is O=C(N/N=C\c1ccccc1Br)c1cc(-c2ccccc2)n[nH]1. The van der Waals surface area contributed by atoms with Crippen LogP contribution < -0.4 is 5.43 Å². The van der Waals surface area contributed by atoms with Crippen molar-refractivity contribution >= 4 is 28.1 Å². The fourth-order valence-corrected chi connectivity index (χ4v) is 2.38. The lowest BCUT2D eigenvalue weighted by Crippen LogP contribution is -2.18. The molecule has 2 N–H and O–H groups in total. The zero-order valence-corrected chi connectivity index (χ0v) is 13.6. The maximum Gasteiger partial charge on any atom is 0.289 e. The first-order valence-corrected chi connectivity index (χ1v) is 7.72. The van der Waals surface area contributed by atoms with Crippen molar-refractivity contribution in [2.75, 3.05) is 0 Å². The third-order valence-corrected chi connectivity index (χ3v) is 3.89. The number of benzene rings is 2. The van der Waals surface area contributed by atoms with Crippen LogP contribution in [-0.4, -0.2) is 22.3 Å². The van der Waals surface area contributed by atoms with E-state index in [-0.39, 0.29) is 5.91 Å². The second kappa shape index (κ2) is 7.02. The average Bonchev–Trinajstić information content (AvgIpc) is 3.07. The largest absolute Gasteiger partial charge is 0.289 e. The Bertz CT molecular complexity index is 843.